The fraction of sp³-hybridized carbons (Fsp3) is 0.333. The normalized spacial score (nSPS) is 12.6. The van der Waals surface area contributed by atoms with Crippen molar-refractivity contribution < 1.29 is 27.5 Å². The van der Waals surface area contributed by atoms with Crippen LogP contribution in [0, 0.1) is 0 Å². The second kappa shape index (κ2) is 13.8. The topological polar surface area (TPSA) is 105 Å². The molecule has 3 rings (SSSR count). The number of nitrogens with zero attached hydrogens (tertiary/aromatic N) is 2. The van der Waals surface area contributed by atoms with Gasteiger partial charge < -0.3 is 19.7 Å². The number of anilines is 1. The number of nitrogens with one attached hydrogen (secondary N) is 1. The van der Waals surface area contributed by atoms with Gasteiger partial charge in [-0.1, -0.05) is 37.3 Å². The van der Waals surface area contributed by atoms with Crippen LogP contribution >= 0.6 is 0 Å². The summed E-state index contributed by atoms with van der Waals surface area (Å²) in [6.45, 7) is 5.08. The van der Waals surface area contributed by atoms with E-state index in [0.29, 0.717) is 22.9 Å². The number of sulfonamides is 1. The van der Waals surface area contributed by atoms with Gasteiger partial charge in [0.05, 0.1) is 19.1 Å². The Bertz CT molecular complexity index is 1380. The molecular weight excluding hydrogens is 530 g/mol. The fourth-order valence-electron chi connectivity index (χ4n) is 3.93. The van der Waals surface area contributed by atoms with Gasteiger partial charge in [0.25, 0.3) is 0 Å². The lowest BCUT2D eigenvalue weighted by atomic mass is 10.1. The summed E-state index contributed by atoms with van der Waals surface area (Å²) in [5.74, 6) is 0.925. The van der Waals surface area contributed by atoms with Crippen molar-refractivity contribution in [2.75, 3.05) is 24.2 Å². The average molecular weight is 568 g/mol. The smallest absolute Gasteiger partial charge is 0.244 e. The van der Waals surface area contributed by atoms with E-state index in [-0.39, 0.29) is 18.5 Å². The molecule has 0 fully saturated rings. The maximum absolute atomic E-state index is 13.7. The van der Waals surface area contributed by atoms with Crippen LogP contribution in [0.15, 0.2) is 78.9 Å². The van der Waals surface area contributed by atoms with Gasteiger partial charge in [-0.25, -0.2) is 8.42 Å². The average Bonchev–Trinajstić information content (AvgIpc) is 2.94. The van der Waals surface area contributed by atoms with Crippen molar-refractivity contribution in [3.05, 3.63) is 84.4 Å². The van der Waals surface area contributed by atoms with Crippen molar-refractivity contribution in [1.82, 2.24) is 10.2 Å². The van der Waals surface area contributed by atoms with Gasteiger partial charge in [-0.05, 0) is 74.4 Å². The van der Waals surface area contributed by atoms with Crippen LogP contribution in [0.5, 0.6) is 17.2 Å². The van der Waals surface area contributed by atoms with E-state index in [0.717, 1.165) is 22.5 Å². The van der Waals surface area contributed by atoms with E-state index >= 15 is 0 Å². The fourth-order valence-corrected chi connectivity index (χ4v) is 4.78. The summed E-state index contributed by atoms with van der Waals surface area (Å²) in [6.07, 6.45) is 1.77. The van der Waals surface area contributed by atoms with Gasteiger partial charge in [-0.15, -0.1) is 0 Å². The Morgan fingerprint density at radius 2 is 1.52 bits per heavy atom. The summed E-state index contributed by atoms with van der Waals surface area (Å²) in [5.41, 5.74) is 1.04. The van der Waals surface area contributed by atoms with Crippen molar-refractivity contribution >= 4 is 27.5 Å². The van der Waals surface area contributed by atoms with E-state index in [1.54, 1.807) is 56.5 Å². The number of benzene rings is 3. The summed E-state index contributed by atoms with van der Waals surface area (Å²) in [5, 5.41) is 2.91. The van der Waals surface area contributed by atoms with Crippen molar-refractivity contribution in [3.63, 3.8) is 0 Å². The molecule has 0 aliphatic carbocycles. The molecule has 0 aliphatic heterocycles. The van der Waals surface area contributed by atoms with Crippen molar-refractivity contribution in [2.24, 2.45) is 0 Å². The molecule has 2 amide bonds. The Kier molecular flexibility index (Phi) is 10.6. The number of carbonyl (C=O) groups excluding carboxylic acids is 2. The number of ether oxygens (including phenoxy) is 2. The van der Waals surface area contributed by atoms with Crippen molar-refractivity contribution in [2.45, 2.75) is 45.8 Å². The minimum atomic E-state index is -3.85. The zero-order valence-electron chi connectivity index (χ0n) is 23.5. The lowest BCUT2D eigenvalue weighted by molar-refractivity contribution is -0.139. The molecule has 0 unspecified atom stereocenters. The highest BCUT2D eigenvalue weighted by atomic mass is 32.2. The molecule has 40 heavy (non-hydrogen) atoms. The largest absolute Gasteiger partial charge is 0.497 e. The summed E-state index contributed by atoms with van der Waals surface area (Å²) in [4.78, 5) is 28.1. The van der Waals surface area contributed by atoms with Gasteiger partial charge in [0.2, 0.25) is 21.8 Å². The number of hydrogen-bond donors (Lipinski definition) is 1. The number of methoxy groups -OCH3 is 1. The minimum absolute atomic E-state index is 0.0761. The number of para-hydroxylation sites is 1. The van der Waals surface area contributed by atoms with Crippen LogP contribution < -0.4 is 19.1 Å². The highest BCUT2D eigenvalue weighted by molar-refractivity contribution is 7.92. The third-order valence-electron chi connectivity index (χ3n) is 6.44. The molecule has 0 aromatic heterocycles. The quantitative estimate of drug-likeness (QED) is 0.324. The molecule has 3 aromatic rings. The molecule has 3 aromatic carbocycles. The number of rotatable bonds is 13. The Labute approximate surface area is 236 Å². The highest BCUT2D eigenvalue weighted by Gasteiger charge is 2.30. The second-order valence-corrected chi connectivity index (χ2v) is 11.5. The van der Waals surface area contributed by atoms with E-state index in [1.807, 2.05) is 50.2 Å². The van der Waals surface area contributed by atoms with Crippen LogP contribution in [0.1, 0.15) is 32.8 Å². The van der Waals surface area contributed by atoms with Gasteiger partial charge in [0.1, 0.15) is 29.8 Å². The summed E-state index contributed by atoms with van der Waals surface area (Å²) in [6, 6.07) is 21.9. The second-order valence-electron chi connectivity index (χ2n) is 9.55. The van der Waals surface area contributed by atoms with Crippen LogP contribution in [0.4, 0.5) is 5.69 Å². The lowest BCUT2D eigenvalue weighted by Gasteiger charge is -2.32. The summed E-state index contributed by atoms with van der Waals surface area (Å²) < 4.78 is 37.8. The monoisotopic (exact) mass is 567 g/mol. The first-order valence-electron chi connectivity index (χ1n) is 13.0. The van der Waals surface area contributed by atoms with Crippen LogP contribution in [0.2, 0.25) is 0 Å². The van der Waals surface area contributed by atoms with Crippen LogP contribution in [-0.4, -0.2) is 57.1 Å². The van der Waals surface area contributed by atoms with E-state index < -0.39 is 28.5 Å². The predicted octanol–water partition coefficient (Wildman–Crippen LogP) is 4.59. The predicted molar refractivity (Wildman–Crippen MR) is 156 cm³/mol. The van der Waals surface area contributed by atoms with E-state index in [1.165, 1.54) is 4.90 Å². The highest BCUT2D eigenvalue weighted by Crippen LogP contribution is 2.26. The molecule has 214 valence electrons. The Balaban J connectivity index is 1.87. The van der Waals surface area contributed by atoms with Gasteiger partial charge in [0, 0.05) is 12.6 Å². The van der Waals surface area contributed by atoms with Crippen LogP contribution in [0.3, 0.4) is 0 Å². The molecule has 0 heterocycles. The molecule has 0 spiro atoms. The number of amides is 2. The maximum atomic E-state index is 13.7. The van der Waals surface area contributed by atoms with Crippen molar-refractivity contribution in [1.29, 1.82) is 0 Å². The SMILES string of the molecule is CC[C@H](C)NC(=O)[C@@H](C)N(Cc1cccc(OC)c1)C(=O)CN(c1ccc(Oc2ccccc2)cc1)S(C)(=O)=O. The first kappa shape index (κ1) is 30.5. The Morgan fingerprint density at radius 1 is 0.900 bits per heavy atom. The number of carbonyl (C=O) groups is 2. The zero-order valence-corrected chi connectivity index (χ0v) is 24.4. The molecule has 10 heteroatoms. The van der Waals surface area contributed by atoms with E-state index in [4.69, 9.17) is 9.47 Å². The molecule has 0 saturated heterocycles. The molecular formula is C30H37N3O6S. The molecule has 0 aliphatic rings. The molecule has 2 atom stereocenters. The van der Waals surface area contributed by atoms with Gasteiger partial charge in [-0.3, -0.25) is 13.9 Å². The van der Waals surface area contributed by atoms with E-state index in [2.05, 4.69) is 5.32 Å². The Morgan fingerprint density at radius 3 is 2.12 bits per heavy atom. The minimum Gasteiger partial charge on any atom is -0.497 e. The van der Waals surface area contributed by atoms with Crippen molar-refractivity contribution in [3.8, 4) is 17.2 Å². The maximum Gasteiger partial charge on any atom is 0.244 e. The van der Waals surface area contributed by atoms with Crippen LogP contribution in [0.25, 0.3) is 0 Å². The zero-order chi connectivity index (χ0) is 29.3. The molecule has 0 radical (unpaired) electrons. The van der Waals surface area contributed by atoms with Gasteiger partial charge in [-0.2, -0.15) is 0 Å². The van der Waals surface area contributed by atoms with E-state index in [9.17, 15) is 18.0 Å². The molecule has 1 N–H and O–H groups in total. The summed E-state index contributed by atoms with van der Waals surface area (Å²) >= 11 is 0. The standard InChI is InChI=1S/C30H37N3O6S/c1-6-22(2)31-30(35)23(3)32(20-24-11-10-14-28(19-24)38-4)29(34)21-33(40(5,36)37)25-15-17-27(18-16-25)39-26-12-8-7-9-13-26/h7-19,22-23H,6,20-21H2,1-5H3,(H,31,35)/t22-,23+/m0/s1. The van der Waals surface area contributed by atoms with Crippen LogP contribution in [-0.2, 0) is 26.2 Å². The Hall–Kier alpha value is -4.05. The summed E-state index contributed by atoms with van der Waals surface area (Å²) in [7, 11) is -2.30. The third-order valence-corrected chi connectivity index (χ3v) is 7.58. The lowest BCUT2D eigenvalue weighted by Crippen LogP contribution is -2.52. The first-order valence-corrected chi connectivity index (χ1v) is 14.9. The molecule has 9 nitrogen and oxygen atoms in total. The number of hydrogen-bond acceptors (Lipinski definition) is 6. The third kappa shape index (κ3) is 8.47. The van der Waals surface area contributed by atoms with Gasteiger partial charge in [0.15, 0.2) is 0 Å². The molecule has 0 bridgehead atoms. The van der Waals surface area contributed by atoms with Gasteiger partial charge >= 0.3 is 0 Å². The molecule has 0 saturated carbocycles. The first-order chi connectivity index (χ1) is 19.0.